The molecule has 0 atom stereocenters. The molecular formula is C17H17F2NO5S. The molecule has 0 bridgehead atoms. The van der Waals surface area contributed by atoms with Crippen molar-refractivity contribution in [2.45, 2.75) is 20.1 Å². The summed E-state index contributed by atoms with van der Waals surface area (Å²) in [5.41, 5.74) is 0.654. The highest BCUT2D eigenvalue weighted by atomic mass is 32.1. The maximum Gasteiger partial charge on any atom is 0.387 e. The molecule has 2 rings (SSSR count). The molecule has 26 heavy (non-hydrogen) atoms. The molecule has 140 valence electrons. The van der Waals surface area contributed by atoms with E-state index in [-0.39, 0.29) is 35.4 Å². The molecule has 1 N–H and O–H groups in total. The number of carboxylic acid groups (broad SMARTS) is 1. The van der Waals surface area contributed by atoms with Gasteiger partial charge in [-0.15, -0.1) is 11.3 Å². The van der Waals surface area contributed by atoms with Gasteiger partial charge in [0.25, 0.3) is 5.91 Å². The molecule has 0 spiro atoms. The number of carboxylic acids is 1. The Labute approximate surface area is 152 Å². The number of carbonyl (C=O) groups is 2. The Balaban J connectivity index is 2.14. The number of rotatable bonds is 8. The molecule has 0 saturated heterocycles. The fraction of sp³-hybridized carbons (Fsp3) is 0.294. The number of alkyl halides is 2. The molecule has 1 aromatic heterocycles. The third kappa shape index (κ3) is 4.92. The first-order valence-electron chi connectivity index (χ1n) is 7.61. The van der Waals surface area contributed by atoms with E-state index in [0.717, 1.165) is 11.3 Å². The molecule has 0 aliphatic rings. The lowest BCUT2D eigenvalue weighted by molar-refractivity contribution is -0.0514. The molecule has 0 aliphatic heterocycles. The zero-order valence-electron chi connectivity index (χ0n) is 14.1. The van der Waals surface area contributed by atoms with E-state index in [2.05, 4.69) is 4.74 Å². The molecule has 0 aliphatic carbocycles. The Bertz CT molecular complexity index is 793. The standard InChI is InChI=1S/C17H17F2NO5S/c1-3-24-12-8-10(4-5-11(12)25-17(18)19)9-20(2)15(21)13-6-7-14(26-13)16(22)23/h4-8,17H,3,9H2,1-2H3,(H,22,23). The van der Waals surface area contributed by atoms with Crippen LogP contribution in [0.4, 0.5) is 8.78 Å². The van der Waals surface area contributed by atoms with E-state index in [1.807, 2.05) is 0 Å². The highest BCUT2D eigenvalue weighted by molar-refractivity contribution is 7.15. The van der Waals surface area contributed by atoms with Gasteiger partial charge in [-0.1, -0.05) is 6.07 Å². The fourth-order valence-electron chi connectivity index (χ4n) is 2.21. The molecule has 1 aromatic carbocycles. The summed E-state index contributed by atoms with van der Waals surface area (Å²) in [6, 6.07) is 7.28. The van der Waals surface area contributed by atoms with Gasteiger partial charge in [0.15, 0.2) is 11.5 Å². The van der Waals surface area contributed by atoms with E-state index in [9.17, 15) is 18.4 Å². The van der Waals surface area contributed by atoms with E-state index < -0.39 is 12.6 Å². The van der Waals surface area contributed by atoms with Crippen molar-refractivity contribution in [2.24, 2.45) is 0 Å². The van der Waals surface area contributed by atoms with Crippen molar-refractivity contribution in [3.8, 4) is 11.5 Å². The van der Waals surface area contributed by atoms with E-state index in [4.69, 9.17) is 9.84 Å². The second kappa shape index (κ2) is 8.61. The lowest BCUT2D eigenvalue weighted by Gasteiger charge is -2.18. The monoisotopic (exact) mass is 385 g/mol. The molecule has 9 heteroatoms. The Hall–Kier alpha value is -2.68. The van der Waals surface area contributed by atoms with Gasteiger partial charge in [-0.05, 0) is 36.8 Å². The van der Waals surface area contributed by atoms with Gasteiger partial charge >= 0.3 is 12.6 Å². The Kier molecular flexibility index (Phi) is 6.51. The van der Waals surface area contributed by atoms with Crippen LogP contribution < -0.4 is 9.47 Å². The lowest BCUT2D eigenvalue weighted by atomic mass is 10.2. The maximum atomic E-state index is 12.4. The smallest absolute Gasteiger partial charge is 0.387 e. The molecular weight excluding hydrogens is 368 g/mol. The van der Waals surface area contributed by atoms with Gasteiger partial charge in [0.05, 0.1) is 11.5 Å². The summed E-state index contributed by atoms with van der Waals surface area (Å²) in [6.07, 6.45) is 0. The number of benzene rings is 1. The minimum absolute atomic E-state index is 0.0777. The summed E-state index contributed by atoms with van der Waals surface area (Å²) in [4.78, 5) is 25.1. The van der Waals surface area contributed by atoms with Crippen LogP contribution in [0.3, 0.4) is 0 Å². The summed E-state index contributed by atoms with van der Waals surface area (Å²) in [5, 5.41) is 8.93. The van der Waals surface area contributed by atoms with Crippen LogP contribution in [0, 0.1) is 0 Å². The molecule has 0 radical (unpaired) electrons. The minimum atomic E-state index is -2.97. The van der Waals surface area contributed by atoms with Gasteiger partial charge in [-0.25, -0.2) is 4.79 Å². The molecule has 0 fully saturated rings. The van der Waals surface area contributed by atoms with Crippen LogP contribution in [-0.4, -0.2) is 42.1 Å². The van der Waals surface area contributed by atoms with Gasteiger partial charge < -0.3 is 19.5 Å². The fourth-order valence-corrected chi connectivity index (χ4v) is 3.05. The van der Waals surface area contributed by atoms with Crippen LogP contribution >= 0.6 is 11.3 Å². The van der Waals surface area contributed by atoms with E-state index in [1.54, 1.807) is 20.0 Å². The Morgan fingerprint density at radius 2 is 1.88 bits per heavy atom. The summed E-state index contributed by atoms with van der Waals surface area (Å²) in [6.45, 7) is -0.795. The van der Waals surface area contributed by atoms with E-state index in [0.29, 0.717) is 10.4 Å². The zero-order chi connectivity index (χ0) is 19.3. The van der Waals surface area contributed by atoms with Crippen molar-refractivity contribution in [1.82, 2.24) is 4.90 Å². The third-order valence-corrected chi connectivity index (χ3v) is 4.38. The van der Waals surface area contributed by atoms with Gasteiger partial charge in [0, 0.05) is 13.6 Å². The summed E-state index contributed by atoms with van der Waals surface area (Å²) in [5.74, 6) is -1.35. The van der Waals surface area contributed by atoms with Crippen molar-refractivity contribution in [1.29, 1.82) is 0 Å². The van der Waals surface area contributed by atoms with Crippen LogP contribution in [0.1, 0.15) is 31.8 Å². The van der Waals surface area contributed by atoms with Gasteiger partial charge in [-0.2, -0.15) is 8.78 Å². The first kappa shape index (κ1) is 19.6. The average Bonchev–Trinajstić information content (AvgIpc) is 3.06. The minimum Gasteiger partial charge on any atom is -0.490 e. The number of hydrogen-bond acceptors (Lipinski definition) is 5. The predicted molar refractivity (Wildman–Crippen MR) is 91.3 cm³/mol. The van der Waals surface area contributed by atoms with Gasteiger partial charge in [0.1, 0.15) is 4.88 Å². The highest BCUT2D eigenvalue weighted by Gasteiger charge is 2.18. The van der Waals surface area contributed by atoms with Crippen LogP contribution in [0.25, 0.3) is 0 Å². The summed E-state index contributed by atoms with van der Waals surface area (Å²) in [7, 11) is 1.56. The number of thiophene rings is 1. The van der Waals surface area contributed by atoms with Crippen LogP contribution in [0.2, 0.25) is 0 Å². The molecule has 0 unspecified atom stereocenters. The number of amides is 1. The summed E-state index contributed by atoms with van der Waals surface area (Å²) >= 11 is 0.890. The highest BCUT2D eigenvalue weighted by Crippen LogP contribution is 2.30. The number of carbonyl (C=O) groups excluding carboxylic acids is 1. The topological polar surface area (TPSA) is 76.1 Å². The van der Waals surface area contributed by atoms with Crippen molar-refractivity contribution in [3.05, 3.63) is 45.6 Å². The third-order valence-electron chi connectivity index (χ3n) is 3.32. The zero-order valence-corrected chi connectivity index (χ0v) is 14.9. The van der Waals surface area contributed by atoms with Crippen molar-refractivity contribution >= 4 is 23.2 Å². The quantitative estimate of drug-likeness (QED) is 0.750. The van der Waals surface area contributed by atoms with Crippen molar-refractivity contribution < 1.29 is 33.0 Å². The lowest BCUT2D eigenvalue weighted by Crippen LogP contribution is -2.25. The number of ether oxygens (including phenoxy) is 2. The normalized spacial score (nSPS) is 10.7. The van der Waals surface area contributed by atoms with Crippen molar-refractivity contribution in [3.63, 3.8) is 0 Å². The second-order valence-electron chi connectivity index (χ2n) is 5.22. The number of hydrogen-bond donors (Lipinski definition) is 1. The second-order valence-corrected chi connectivity index (χ2v) is 6.31. The molecule has 1 heterocycles. The first-order chi connectivity index (χ1) is 12.3. The molecule has 6 nitrogen and oxygen atoms in total. The van der Waals surface area contributed by atoms with Crippen LogP contribution in [-0.2, 0) is 6.54 Å². The van der Waals surface area contributed by atoms with Gasteiger partial charge in [0.2, 0.25) is 0 Å². The van der Waals surface area contributed by atoms with E-state index >= 15 is 0 Å². The molecule has 1 amide bonds. The predicted octanol–water partition coefficient (Wildman–Crippen LogP) is 3.72. The molecule has 0 saturated carbocycles. The molecule has 2 aromatic rings. The summed E-state index contributed by atoms with van der Waals surface area (Å²) < 4.78 is 34.6. The van der Waals surface area contributed by atoms with Gasteiger partial charge in [-0.3, -0.25) is 4.79 Å². The van der Waals surface area contributed by atoms with E-state index in [1.165, 1.54) is 29.2 Å². The van der Waals surface area contributed by atoms with Crippen molar-refractivity contribution in [2.75, 3.05) is 13.7 Å². The number of nitrogens with zero attached hydrogens (tertiary/aromatic N) is 1. The average molecular weight is 385 g/mol. The number of halogens is 2. The first-order valence-corrected chi connectivity index (χ1v) is 8.42. The van der Waals surface area contributed by atoms with Crippen LogP contribution in [0.15, 0.2) is 30.3 Å². The number of aromatic carboxylic acids is 1. The maximum absolute atomic E-state index is 12.4. The Morgan fingerprint density at radius 3 is 2.46 bits per heavy atom. The SMILES string of the molecule is CCOc1cc(CN(C)C(=O)c2ccc(C(=O)O)s2)ccc1OC(F)F. The largest absolute Gasteiger partial charge is 0.490 e. The Morgan fingerprint density at radius 1 is 1.19 bits per heavy atom. The van der Waals surface area contributed by atoms with Crippen LogP contribution in [0.5, 0.6) is 11.5 Å².